The molecule has 2 rings (SSSR count). The van der Waals surface area contributed by atoms with Crippen LogP contribution in [-0.4, -0.2) is 41.8 Å². The van der Waals surface area contributed by atoms with E-state index in [1.807, 2.05) is 0 Å². The van der Waals surface area contributed by atoms with Gasteiger partial charge in [0, 0.05) is 0 Å². The quantitative estimate of drug-likeness (QED) is 0.578. The predicted octanol–water partition coefficient (Wildman–Crippen LogP) is 0.125. The van der Waals surface area contributed by atoms with E-state index in [1.165, 1.54) is 0 Å². The second-order valence-electron chi connectivity index (χ2n) is 2.25. The van der Waals surface area contributed by atoms with Gasteiger partial charge in [-0.15, -0.1) is 0 Å². The van der Waals surface area contributed by atoms with Crippen LogP contribution >= 0.6 is 0 Å². The zero-order chi connectivity index (χ0) is 6.97. The van der Waals surface area contributed by atoms with E-state index < -0.39 is 0 Å². The molecule has 0 aliphatic carbocycles. The first-order valence-corrected chi connectivity index (χ1v) is 8.31. The Balaban J connectivity index is 2.42. The van der Waals surface area contributed by atoms with E-state index >= 15 is 0 Å². The molecule has 1 aliphatic rings. The molecule has 0 unspecified atom stereocenters. The van der Waals surface area contributed by atoms with Crippen molar-refractivity contribution >= 4 is 49.1 Å². The first-order chi connectivity index (χ1) is 4.86. The summed E-state index contributed by atoms with van der Waals surface area (Å²) in [4.78, 5) is 0. The topological polar surface area (TPSA) is 0 Å². The van der Waals surface area contributed by atoms with Gasteiger partial charge in [0.25, 0.3) is 0 Å². The standard InChI is InChI=1S/C8H8Te2/c1-6-9-7-4-2-3-5-8(7)10-6/h2-6H,1H3. The summed E-state index contributed by atoms with van der Waals surface area (Å²) in [5.41, 5.74) is 0. The number of hydrogen-bond donors (Lipinski definition) is 0. The van der Waals surface area contributed by atoms with Gasteiger partial charge < -0.3 is 0 Å². The van der Waals surface area contributed by atoms with Gasteiger partial charge in [-0.1, -0.05) is 0 Å². The predicted molar refractivity (Wildman–Crippen MR) is 46.6 cm³/mol. The SMILES string of the molecule is CC1[Te]c2ccccc2[Te]1. The Labute approximate surface area is 81.6 Å². The zero-order valence-corrected chi connectivity index (χ0v) is 10.4. The molecule has 1 aromatic carbocycles. The van der Waals surface area contributed by atoms with Gasteiger partial charge >= 0.3 is 82.3 Å². The Kier molecular flexibility index (Phi) is 2.26. The normalized spacial score (nSPS) is 17.3. The fraction of sp³-hybridized carbons (Fsp3) is 0.250. The third-order valence-electron chi connectivity index (χ3n) is 1.44. The van der Waals surface area contributed by atoms with Gasteiger partial charge in [0.05, 0.1) is 0 Å². The van der Waals surface area contributed by atoms with E-state index in [9.17, 15) is 0 Å². The maximum absolute atomic E-state index is 2.44. The van der Waals surface area contributed by atoms with Crippen molar-refractivity contribution < 1.29 is 0 Å². The van der Waals surface area contributed by atoms with Gasteiger partial charge in [0.1, 0.15) is 0 Å². The molecule has 52 valence electrons. The first kappa shape index (κ1) is 7.45. The van der Waals surface area contributed by atoms with Gasteiger partial charge in [-0.2, -0.15) is 0 Å². The molecular formula is C8H8Te2. The van der Waals surface area contributed by atoms with E-state index in [0.29, 0.717) is 0 Å². The minimum atomic E-state index is 0.249. The van der Waals surface area contributed by atoms with Crippen LogP contribution in [0.15, 0.2) is 24.3 Å². The average molecular weight is 359 g/mol. The van der Waals surface area contributed by atoms with Crippen molar-refractivity contribution in [1.29, 1.82) is 0 Å². The molecule has 0 saturated carbocycles. The third kappa shape index (κ3) is 1.37. The molecule has 0 nitrogen and oxygen atoms in total. The molecule has 2 heteroatoms. The Morgan fingerprint density at radius 3 is 2.10 bits per heavy atom. The second-order valence-corrected chi connectivity index (χ2v) is 13.0. The molecule has 0 amide bonds. The Morgan fingerprint density at radius 1 is 1.10 bits per heavy atom. The van der Waals surface area contributed by atoms with E-state index in [1.54, 1.807) is 7.22 Å². The molecule has 1 heterocycles. The van der Waals surface area contributed by atoms with Crippen LogP contribution in [0.2, 0.25) is 2.01 Å². The van der Waals surface area contributed by atoms with E-state index in [-0.39, 0.29) is 41.8 Å². The van der Waals surface area contributed by atoms with Gasteiger partial charge in [0.15, 0.2) is 0 Å². The summed E-state index contributed by atoms with van der Waals surface area (Å²) in [5.74, 6) is 0. The minimum absolute atomic E-state index is 0.249. The summed E-state index contributed by atoms with van der Waals surface area (Å²) in [6, 6.07) is 9.06. The van der Waals surface area contributed by atoms with E-state index in [0.717, 1.165) is 2.01 Å². The molecule has 1 aromatic rings. The number of fused-ring (bicyclic) bond motifs is 1. The molecule has 0 aromatic heterocycles. The van der Waals surface area contributed by atoms with Crippen molar-refractivity contribution in [2.75, 3.05) is 0 Å². The van der Waals surface area contributed by atoms with Crippen LogP contribution in [0.25, 0.3) is 0 Å². The fourth-order valence-corrected chi connectivity index (χ4v) is 11.9. The third-order valence-corrected chi connectivity index (χ3v) is 11.7. The van der Waals surface area contributed by atoms with E-state index in [2.05, 4.69) is 31.2 Å². The van der Waals surface area contributed by atoms with Crippen LogP contribution in [0.5, 0.6) is 0 Å². The average Bonchev–Trinajstić information content (AvgIpc) is 2.27. The Hall–Kier alpha value is 0.799. The Bertz CT molecular complexity index is 220. The van der Waals surface area contributed by atoms with Crippen molar-refractivity contribution in [3.63, 3.8) is 0 Å². The van der Waals surface area contributed by atoms with Crippen molar-refractivity contribution in [3.05, 3.63) is 24.3 Å². The molecule has 0 spiro atoms. The molecule has 0 bridgehead atoms. The summed E-state index contributed by atoms with van der Waals surface area (Å²) in [7, 11) is 0. The molecule has 0 radical (unpaired) electrons. The van der Waals surface area contributed by atoms with Crippen molar-refractivity contribution in [1.82, 2.24) is 0 Å². The van der Waals surface area contributed by atoms with Crippen molar-refractivity contribution in [2.24, 2.45) is 0 Å². The van der Waals surface area contributed by atoms with Crippen LogP contribution in [0.1, 0.15) is 6.92 Å². The van der Waals surface area contributed by atoms with Crippen molar-refractivity contribution in [2.45, 2.75) is 8.94 Å². The maximum atomic E-state index is 2.44. The Morgan fingerprint density at radius 2 is 1.60 bits per heavy atom. The molecular weight excluding hydrogens is 351 g/mol. The summed E-state index contributed by atoms with van der Waals surface area (Å²) < 4.78 is 4.64. The molecule has 0 N–H and O–H groups in total. The van der Waals surface area contributed by atoms with Crippen LogP contribution in [-0.2, 0) is 0 Å². The number of benzene rings is 1. The van der Waals surface area contributed by atoms with Gasteiger partial charge in [0.2, 0.25) is 0 Å². The number of rotatable bonds is 0. The molecule has 10 heavy (non-hydrogen) atoms. The first-order valence-electron chi connectivity index (χ1n) is 3.28. The van der Waals surface area contributed by atoms with Gasteiger partial charge in [-0.3, -0.25) is 0 Å². The van der Waals surface area contributed by atoms with Crippen LogP contribution in [0, 0.1) is 0 Å². The van der Waals surface area contributed by atoms with Crippen LogP contribution < -0.4 is 7.22 Å². The van der Waals surface area contributed by atoms with Gasteiger partial charge in [-0.25, -0.2) is 0 Å². The second kappa shape index (κ2) is 3.04. The van der Waals surface area contributed by atoms with Gasteiger partial charge in [-0.05, 0) is 0 Å². The fourth-order valence-electron chi connectivity index (χ4n) is 1.03. The monoisotopic (exact) mass is 364 g/mol. The molecule has 1 aliphatic heterocycles. The molecule has 0 saturated heterocycles. The summed E-state index contributed by atoms with van der Waals surface area (Å²) in [6.45, 7) is 2.44. The zero-order valence-electron chi connectivity index (χ0n) is 5.70. The van der Waals surface area contributed by atoms with Crippen molar-refractivity contribution in [3.8, 4) is 0 Å². The summed E-state index contributed by atoms with van der Waals surface area (Å²) >= 11 is 0.497. The molecule has 0 atom stereocenters. The van der Waals surface area contributed by atoms with Crippen LogP contribution in [0.4, 0.5) is 0 Å². The number of hydrogen-bond acceptors (Lipinski definition) is 0. The van der Waals surface area contributed by atoms with Crippen LogP contribution in [0.3, 0.4) is 0 Å². The summed E-state index contributed by atoms with van der Waals surface area (Å²) in [5, 5.41) is 0. The summed E-state index contributed by atoms with van der Waals surface area (Å²) in [6.07, 6.45) is 0. The molecule has 0 fully saturated rings. The van der Waals surface area contributed by atoms with E-state index in [4.69, 9.17) is 0 Å².